The van der Waals surface area contributed by atoms with Gasteiger partial charge in [0.15, 0.2) is 5.78 Å². The second-order valence-electron chi connectivity index (χ2n) is 6.88. The number of sulfone groups is 1. The Bertz CT molecular complexity index is 1030. The molecule has 0 radical (unpaired) electrons. The van der Waals surface area contributed by atoms with Crippen molar-refractivity contribution in [3.63, 3.8) is 0 Å². The third kappa shape index (κ3) is 2.48. The first-order chi connectivity index (χ1) is 12.4. The number of carbonyl (C=O) groups is 2. The monoisotopic (exact) mass is 369 g/mol. The lowest BCUT2D eigenvalue weighted by atomic mass is 9.99. The van der Waals surface area contributed by atoms with Gasteiger partial charge in [0.25, 0.3) is 5.91 Å². The van der Waals surface area contributed by atoms with E-state index in [1.165, 1.54) is 24.3 Å². The van der Waals surface area contributed by atoms with E-state index in [9.17, 15) is 18.0 Å². The van der Waals surface area contributed by atoms with Crippen molar-refractivity contribution >= 4 is 21.5 Å². The molecule has 2 aliphatic heterocycles. The Morgan fingerprint density at radius 1 is 1.04 bits per heavy atom. The van der Waals surface area contributed by atoms with Gasteiger partial charge in [0.2, 0.25) is 9.84 Å². The minimum absolute atomic E-state index is 0.00781. The highest BCUT2D eigenvalue weighted by atomic mass is 32.2. The summed E-state index contributed by atoms with van der Waals surface area (Å²) in [5.41, 5.74) is 0.629. The fourth-order valence-electron chi connectivity index (χ4n) is 3.78. The maximum absolute atomic E-state index is 13.0. The van der Waals surface area contributed by atoms with Gasteiger partial charge in [-0.3, -0.25) is 9.59 Å². The van der Waals surface area contributed by atoms with Gasteiger partial charge in [-0.2, -0.15) is 0 Å². The topological polar surface area (TPSA) is 71.5 Å². The zero-order valence-corrected chi connectivity index (χ0v) is 15.3. The highest BCUT2D eigenvalue weighted by molar-refractivity contribution is 7.91. The van der Waals surface area contributed by atoms with Crippen molar-refractivity contribution in [2.75, 3.05) is 6.54 Å². The summed E-state index contributed by atoms with van der Waals surface area (Å²) in [7, 11) is -3.83. The van der Waals surface area contributed by atoms with Crippen LogP contribution in [-0.4, -0.2) is 37.6 Å². The fraction of sp³-hybridized carbons (Fsp3) is 0.300. The lowest BCUT2D eigenvalue weighted by molar-refractivity contribution is 0.0635. The molecule has 1 unspecified atom stereocenters. The highest BCUT2D eigenvalue weighted by Gasteiger charge is 2.35. The van der Waals surface area contributed by atoms with E-state index in [1.807, 2.05) is 6.92 Å². The van der Waals surface area contributed by atoms with Crippen molar-refractivity contribution in [1.29, 1.82) is 0 Å². The molecular weight excluding hydrogens is 350 g/mol. The number of benzene rings is 2. The average molecular weight is 369 g/mol. The van der Waals surface area contributed by atoms with Crippen LogP contribution in [0.1, 0.15) is 52.5 Å². The van der Waals surface area contributed by atoms with Crippen molar-refractivity contribution in [2.45, 2.75) is 42.0 Å². The summed E-state index contributed by atoms with van der Waals surface area (Å²) in [6.45, 7) is 2.68. The van der Waals surface area contributed by atoms with Crippen LogP contribution in [-0.2, 0) is 9.84 Å². The number of nitrogens with zero attached hydrogens (tertiary/aromatic N) is 1. The number of piperidine rings is 1. The molecule has 134 valence electrons. The Morgan fingerprint density at radius 3 is 2.54 bits per heavy atom. The third-order valence-corrected chi connectivity index (χ3v) is 7.10. The van der Waals surface area contributed by atoms with E-state index >= 15 is 0 Å². The van der Waals surface area contributed by atoms with E-state index in [0.29, 0.717) is 12.1 Å². The van der Waals surface area contributed by atoms with Crippen LogP contribution in [0.5, 0.6) is 0 Å². The molecule has 0 aromatic heterocycles. The summed E-state index contributed by atoms with van der Waals surface area (Å²) in [5, 5.41) is 0. The lowest BCUT2D eigenvalue weighted by Crippen LogP contribution is -2.42. The van der Waals surface area contributed by atoms with E-state index < -0.39 is 9.84 Å². The van der Waals surface area contributed by atoms with Crippen LogP contribution in [0.15, 0.2) is 52.3 Å². The first-order valence-electron chi connectivity index (χ1n) is 8.75. The summed E-state index contributed by atoms with van der Waals surface area (Å²) < 4.78 is 26.0. The number of likely N-dealkylation sites (tertiary alicyclic amines) is 1. The lowest BCUT2D eigenvalue weighted by Gasteiger charge is -2.33. The second kappa shape index (κ2) is 6.06. The minimum Gasteiger partial charge on any atom is -0.336 e. The summed E-state index contributed by atoms with van der Waals surface area (Å²) in [6.07, 6.45) is 2.99. The highest BCUT2D eigenvalue weighted by Crippen LogP contribution is 2.35. The number of amides is 1. The van der Waals surface area contributed by atoms with E-state index in [4.69, 9.17) is 0 Å². The first-order valence-corrected chi connectivity index (χ1v) is 10.2. The largest absolute Gasteiger partial charge is 0.336 e. The molecule has 0 saturated carbocycles. The van der Waals surface area contributed by atoms with Gasteiger partial charge in [0, 0.05) is 29.3 Å². The van der Waals surface area contributed by atoms with E-state index in [-0.39, 0.29) is 38.7 Å². The summed E-state index contributed by atoms with van der Waals surface area (Å²) in [4.78, 5) is 27.3. The van der Waals surface area contributed by atoms with Crippen molar-refractivity contribution in [3.05, 3.63) is 59.2 Å². The molecule has 2 aromatic carbocycles. The smallest absolute Gasteiger partial charge is 0.254 e. The van der Waals surface area contributed by atoms with Crippen LogP contribution in [0.4, 0.5) is 0 Å². The molecule has 26 heavy (non-hydrogen) atoms. The van der Waals surface area contributed by atoms with Gasteiger partial charge in [-0.1, -0.05) is 12.1 Å². The predicted octanol–water partition coefficient (Wildman–Crippen LogP) is 3.08. The standard InChI is InChI=1S/C20H19NO4S/c1-13-6-4-5-11-21(13)20(23)14-9-10-16-18(12-14)26(24,25)17-8-3-2-7-15(17)19(16)22/h2-3,7-10,12-13H,4-6,11H2,1H3. The minimum atomic E-state index is -3.83. The normalized spacial score (nSPS) is 21.0. The van der Waals surface area contributed by atoms with Crippen molar-refractivity contribution in [2.24, 2.45) is 0 Å². The van der Waals surface area contributed by atoms with E-state index in [1.54, 1.807) is 23.1 Å². The molecule has 6 heteroatoms. The quantitative estimate of drug-likeness (QED) is 0.661. The third-order valence-electron chi connectivity index (χ3n) is 5.25. The summed E-state index contributed by atoms with van der Waals surface area (Å²) in [5.74, 6) is -0.503. The molecule has 2 aliphatic rings. The molecule has 1 atom stereocenters. The molecule has 0 aliphatic carbocycles. The second-order valence-corrected chi connectivity index (χ2v) is 8.77. The van der Waals surface area contributed by atoms with Gasteiger partial charge in [0.05, 0.1) is 9.79 Å². The summed E-state index contributed by atoms with van der Waals surface area (Å²) >= 11 is 0. The number of hydrogen-bond acceptors (Lipinski definition) is 4. The van der Waals surface area contributed by atoms with Crippen molar-refractivity contribution in [1.82, 2.24) is 4.90 Å². The molecule has 0 N–H and O–H groups in total. The van der Waals surface area contributed by atoms with Crippen LogP contribution in [0, 0.1) is 0 Å². The molecule has 0 spiro atoms. The average Bonchev–Trinajstić information content (AvgIpc) is 2.66. The Morgan fingerprint density at radius 2 is 1.77 bits per heavy atom. The fourth-order valence-corrected chi connectivity index (χ4v) is 5.46. The Hall–Kier alpha value is -2.47. The number of ketones is 1. The number of fused-ring (bicyclic) bond motifs is 2. The molecule has 1 amide bonds. The molecule has 1 fully saturated rings. The predicted molar refractivity (Wildman–Crippen MR) is 96.1 cm³/mol. The molecule has 2 heterocycles. The number of rotatable bonds is 1. The van der Waals surface area contributed by atoms with Crippen LogP contribution >= 0.6 is 0 Å². The molecule has 5 nitrogen and oxygen atoms in total. The number of hydrogen-bond donors (Lipinski definition) is 0. The Kier molecular flexibility index (Phi) is 3.95. The molecule has 4 rings (SSSR count). The van der Waals surface area contributed by atoms with Gasteiger partial charge in [-0.25, -0.2) is 8.42 Å². The summed E-state index contributed by atoms with van der Waals surface area (Å²) in [6, 6.07) is 10.7. The zero-order chi connectivity index (χ0) is 18.5. The van der Waals surface area contributed by atoms with Gasteiger partial charge in [-0.15, -0.1) is 0 Å². The molecular formula is C20H19NO4S. The maximum atomic E-state index is 13.0. The van der Waals surface area contributed by atoms with Crippen molar-refractivity contribution < 1.29 is 18.0 Å². The van der Waals surface area contributed by atoms with Crippen LogP contribution in [0.25, 0.3) is 0 Å². The zero-order valence-electron chi connectivity index (χ0n) is 14.4. The Balaban J connectivity index is 1.81. The molecule has 0 bridgehead atoms. The van der Waals surface area contributed by atoms with Gasteiger partial charge < -0.3 is 4.90 Å². The van der Waals surface area contributed by atoms with E-state index in [0.717, 1.165) is 19.3 Å². The maximum Gasteiger partial charge on any atom is 0.254 e. The van der Waals surface area contributed by atoms with Crippen molar-refractivity contribution in [3.8, 4) is 0 Å². The number of carbonyl (C=O) groups excluding carboxylic acids is 2. The molecule has 1 saturated heterocycles. The first kappa shape index (κ1) is 17.0. The van der Waals surface area contributed by atoms with E-state index in [2.05, 4.69) is 0 Å². The SMILES string of the molecule is CC1CCCCN1C(=O)c1ccc2c(c1)S(=O)(=O)c1ccccc1C2=O. The van der Waals surface area contributed by atoms with Gasteiger partial charge >= 0.3 is 0 Å². The van der Waals surface area contributed by atoms with Crippen LogP contribution in [0.3, 0.4) is 0 Å². The van der Waals surface area contributed by atoms with Gasteiger partial charge in [-0.05, 0) is 56.5 Å². The molecule has 2 aromatic rings. The van der Waals surface area contributed by atoms with Crippen LogP contribution in [0.2, 0.25) is 0 Å². The van der Waals surface area contributed by atoms with Crippen LogP contribution < -0.4 is 0 Å². The Labute approximate surface area is 152 Å². The van der Waals surface area contributed by atoms with Gasteiger partial charge in [0.1, 0.15) is 0 Å².